The fourth-order valence-corrected chi connectivity index (χ4v) is 2.85. The van der Waals surface area contributed by atoms with Crippen molar-refractivity contribution in [2.75, 3.05) is 18.8 Å². The molecule has 0 atom stereocenters. The van der Waals surface area contributed by atoms with Gasteiger partial charge in [0.2, 0.25) is 0 Å². The summed E-state index contributed by atoms with van der Waals surface area (Å²) >= 11 is 12.8. The van der Waals surface area contributed by atoms with Gasteiger partial charge in [-0.2, -0.15) is 0 Å². The molecular weight excluding hydrogens is 337 g/mol. The van der Waals surface area contributed by atoms with E-state index < -0.39 is 11.8 Å². The molecule has 112 valence electrons. The zero-order valence-electron chi connectivity index (χ0n) is 10.7. The number of nitrogens with zero attached hydrogens (tertiary/aromatic N) is 1. The van der Waals surface area contributed by atoms with Gasteiger partial charge in [-0.3, -0.25) is 25.2 Å². The third-order valence-electron chi connectivity index (χ3n) is 2.67. The predicted octanol–water partition coefficient (Wildman–Crippen LogP) is 1.92. The van der Waals surface area contributed by atoms with Gasteiger partial charge in [-0.25, -0.2) is 0 Å². The van der Waals surface area contributed by atoms with E-state index in [-0.39, 0.29) is 22.4 Å². The Morgan fingerprint density at radius 3 is 2.71 bits per heavy atom. The Morgan fingerprint density at radius 2 is 2.05 bits per heavy atom. The van der Waals surface area contributed by atoms with Crippen molar-refractivity contribution in [3.63, 3.8) is 0 Å². The summed E-state index contributed by atoms with van der Waals surface area (Å²) in [6.07, 6.45) is 0. The Kier molecular flexibility index (Phi) is 5.33. The number of carbonyl (C=O) groups excluding carboxylic acids is 3. The van der Waals surface area contributed by atoms with Crippen LogP contribution in [-0.4, -0.2) is 40.8 Å². The minimum absolute atomic E-state index is 0.102. The topological polar surface area (TPSA) is 78.5 Å². The number of halogens is 2. The number of hydrogen-bond acceptors (Lipinski definition) is 4. The average Bonchev–Trinajstić information content (AvgIpc) is 2.84. The van der Waals surface area contributed by atoms with Gasteiger partial charge in [-0.15, -0.1) is 0 Å². The highest BCUT2D eigenvalue weighted by atomic mass is 35.5. The molecule has 1 aliphatic heterocycles. The first-order chi connectivity index (χ1) is 9.97. The zero-order valence-corrected chi connectivity index (χ0v) is 13.0. The molecule has 1 heterocycles. The molecule has 1 saturated heterocycles. The summed E-state index contributed by atoms with van der Waals surface area (Å²) in [4.78, 5) is 36.3. The van der Waals surface area contributed by atoms with Gasteiger partial charge in [0, 0.05) is 17.3 Å². The number of carbonyl (C=O) groups is 3. The summed E-state index contributed by atoms with van der Waals surface area (Å²) in [6, 6.07) is 4.43. The average molecular weight is 348 g/mol. The summed E-state index contributed by atoms with van der Waals surface area (Å²) in [5, 5.41) is 0.433. The van der Waals surface area contributed by atoms with Crippen molar-refractivity contribution in [3.05, 3.63) is 33.8 Å². The number of hydrogen-bond donors (Lipinski definition) is 2. The van der Waals surface area contributed by atoms with Crippen LogP contribution in [0.25, 0.3) is 0 Å². The quantitative estimate of drug-likeness (QED) is 0.818. The van der Waals surface area contributed by atoms with E-state index in [1.54, 1.807) is 6.07 Å². The molecule has 0 aliphatic carbocycles. The summed E-state index contributed by atoms with van der Waals surface area (Å²) in [5.41, 5.74) is 4.61. The standard InChI is InChI=1S/C12H11Cl2N3O3S/c13-7-1-2-9(14)8(5-7)11(19)16-15-10(18)6-17-3-4-21-12(17)20/h1-2,5H,3-4,6H2,(H,15,18)(H,16,19). The van der Waals surface area contributed by atoms with E-state index in [0.717, 1.165) is 11.8 Å². The van der Waals surface area contributed by atoms with Crippen molar-refractivity contribution < 1.29 is 14.4 Å². The van der Waals surface area contributed by atoms with Gasteiger partial charge in [-0.1, -0.05) is 35.0 Å². The molecule has 0 saturated carbocycles. The number of hydrazine groups is 1. The molecule has 0 radical (unpaired) electrons. The van der Waals surface area contributed by atoms with Gasteiger partial charge in [0.1, 0.15) is 6.54 Å². The molecule has 0 bridgehead atoms. The molecule has 21 heavy (non-hydrogen) atoms. The molecule has 0 spiro atoms. The number of rotatable bonds is 3. The van der Waals surface area contributed by atoms with Crippen LogP contribution < -0.4 is 10.9 Å². The molecular formula is C12H11Cl2N3O3S. The molecule has 1 fully saturated rings. The molecule has 1 aromatic rings. The molecule has 1 aromatic carbocycles. The van der Waals surface area contributed by atoms with Crippen LogP contribution in [0.2, 0.25) is 10.0 Å². The SMILES string of the molecule is O=C(CN1CCSC1=O)NNC(=O)c1cc(Cl)ccc1Cl. The lowest BCUT2D eigenvalue weighted by molar-refractivity contribution is -0.122. The van der Waals surface area contributed by atoms with Crippen molar-refractivity contribution in [1.29, 1.82) is 0 Å². The molecule has 6 nitrogen and oxygen atoms in total. The zero-order chi connectivity index (χ0) is 15.4. The molecule has 3 amide bonds. The minimum atomic E-state index is -0.585. The highest BCUT2D eigenvalue weighted by Crippen LogP contribution is 2.20. The van der Waals surface area contributed by atoms with Gasteiger partial charge in [0.25, 0.3) is 17.1 Å². The van der Waals surface area contributed by atoms with E-state index >= 15 is 0 Å². The highest BCUT2D eigenvalue weighted by molar-refractivity contribution is 8.13. The second-order valence-electron chi connectivity index (χ2n) is 4.16. The van der Waals surface area contributed by atoms with Crippen molar-refractivity contribution in [1.82, 2.24) is 15.8 Å². The van der Waals surface area contributed by atoms with E-state index in [1.165, 1.54) is 17.0 Å². The number of thioether (sulfide) groups is 1. The third-order valence-corrected chi connectivity index (χ3v) is 4.12. The normalized spacial score (nSPS) is 14.2. The summed E-state index contributed by atoms with van der Waals surface area (Å²) in [5.74, 6) is -0.410. The van der Waals surface area contributed by atoms with Crippen molar-refractivity contribution in [2.24, 2.45) is 0 Å². The Morgan fingerprint density at radius 1 is 1.29 bits per heavy atom. The Hall–Kier alpha value is -1.44. The van der Waals surface area contributed by atoms with Crippen LogP contribution in [0.4, 0.5) is 4.79 Å². The van der Waals surface area contributed by atoms with Crippen LogP contribution in [0.3, 0.4) is 0 Å². The van der Waals surface area contributed by atoms with Crippen molar-refractivity contribution in [3.8, 4) is 0 Å². The number of amides is 3. The first-order valence-corrected chi connectivity index (χ1v) is 7.67. The maximum absolute atomic E-state index is 11.9. The molecule has 2 rings (SSSR count). The lowest BCUT2D eigenvalue weighted by Crippen LogP contribution is -2.46. The van der Waals surface area contributed by atoms with Gasteiger partial charge in [0.15, 0.2) is 0 Å². The number of benzene rings is 1. The summed E-state index contributed by atoms with van der Waals surface area (Å²) < 4.78 is 0. The lowest BCUT2D eigenvalue weighted by Gasteiger charge is -2.14. The molecule has 2 N–H and O–H groups in total. The van der Waals surface area contributed by atoms with Gasteiger partial charge < -0.3 is 4.90 Å². The van der Waals surface area contributed by atoms with Crippen molar-refractivity contribution >= 4 is 52.0 Å². The second kappa shape index (κ2) is 7.02. The van der Waals surface area contributed by atoms with E-state index in [2.05, 4.69) is 10.9 Å². The van der Waals surface area contributed by atoms with Crippen LogP contribution in [0.5, 0.6) is 0 Å². The van der Waals surface area contributed by atoms with E-state index in [9.17, 15) is 14.4 Å². The fraction of sp³-hybridized carbons (Fsp3) is 0.250. The molecule has 9 heteroatoms. The van der Waals surface area contributed by atoms with Crippen LogP contribution in [-0.2, 0) is 4.79 Å². The van der Waals surface area contributed by atoms with Crippen molar-refractivity contribution in [2.45, 2.75) is 0 Å². The van der Waals surface area contributed by atoms with Crippen LogP contribution in [0, 0.1) is 0 Å². The summed E-state index contributed by atoms with van der Waals surface area (Å²) in [6.45, 7) is 0.417. The first kappa shape index (κ1) is 15.9. The van der Waals surface area contributed by atoms with Crippen LogP contribution >= 0.6 is 35.0 Å². The maximum Gasteiger partial charge on any atom is 0.282 e. The van der Waals surface area contributed by atoms with Crippen LogP contribution in [0.15, 0.2) is 18.2 Å². The Bertz CT molecular complexity index is 597. The van der Waals surface area contributed by atoms with Gasteiger partial charge in [0.05, 0.1) is 10.6 Å². The van der Waals surface area contributed by atoms with Gasteiger partial charge >= 0.3 is 0 Å². The third kappa shape index (κ3) is 4.26. The van der Waals surface area contributed by atoms with E-state index in [4.69, 9.17) is 23.2 Å². The second-order valence-corrected chi connectivity index (χ2v) is 6.05. The van der Waals surface area contributed by atoms with Gasteiger partial charge in [-0.05, 0) is 18.2 Å². The minimum Gasteiger partial charge on any atom is -0.323 e. The number of nitrogens with one attached hydrogen (secondary N) is 2. The first-order valence-electron chi connectivity index (χ1n) is 5.93. The fourth-order valence-electron chi connectivity index (χ4n) is 1.65. The monoisotopic (exact) mass is 347 g/mol. The highest BCUT2D eigenvalue weighted by Gasteiger charge is 2.23. The largest absolute Gasteiger partial charge is 0.323 e. The van der Waals surface area contributed by atoms with E-state index in [1.807, 2.05) is 0 Å². The smallest absolute Gasteiger partial charge is 0.282 e. The molecule has 1 aliphatic rings. The van der Waals surface area contributed by atoms with Crippen LogP contribution in [0.1, 0.15) is 10.4 Å². The predicted molar refractivity (Wildman–Crippen MR) is 81.5 cm³/mol. The maximum atomic E-state index is 11.9. The Balaban J connectivity index is 1.87. The lowest BCUT2D eigenvalue weighted by atomic mass is 10.2. The summed E-state index contributed by atoms with van der Waals surface area (Å²) in [7, 11) is 0. The Labute approximate surface area is 135 Å². The molecule has 0 unspecified atom stereocenters. The van der Waals surface area contributed by atoms with E-state index in [0.29, 0.717) is 17.3 Å². The molecule has 0 aromatic heterocycles.